The second-order valence-electron chi connectivity index (χ2n) is 5.29. The molecule has 0 unspecified atom stereocenters. The number of benzene rings is 2. The Morgan fingerprint density at radius 2 is 1.77 bits per heavy atom. The molecule has 0 saturated heterocycles. The Morgan fingerprint density at radius 1 is 1.00 bits per heavy atom. The van der Waals surface area contributed by atoms with Gasteiger partial charge in [-0.2, -0.15) is 0 Å². The van der Waals surface area contributed by atoms with Crippen molar-refractivity contribution in [2.24, 2.45) is 0 Å². The Labute approximate surface area is 133 Å². The lowest BCUT2D eigenvalue weighted by Crippen LogP contribution is -2.16. The Morgan fingerprint density at radius 3 is 2.50 bits per heavy atom. The van der Waals surface area contributed by atoms with E-state index in [-0.39, 0.29) is 5.56 Å². The van der Waals surface area contributed by atoms with Crippen molar-refractivity contribution in [3.8, 4) is 11.3 Å². The normalized spacial score (nSPS) is 10.6. The molecule has 2 N–H and O–H groups in total. The summed E-state index contributed by atoms with van der Waals surface area (Å²) < 4.78 is 0.344. The van der Waals surface area contributed by atoms with Crippen molar-refractivity contribution in [1.82, 2.24) is 9.97 Å². The van der Waals surface area contributed by atoms with Crippen LogP contribution in [0.15, 0.2) is 59.4 Å². The Bertz CT molecular complexity index is 910. The van der Waals surface area contributed by atoms with E-state index < -0.39 is 0 Å². The van der Waals surface area contributed by atoms with Gasteiger partial charge in [0.1, 0.15) is 0 Å². The highest BCUT2D eigenvalue weighted by atomic mass is 32.1. The topological polar surface area (TPSA) is 48.6 Å². The molecule has 0 amide bonds. The third-order valence-electron chi connectivity index (χ3n) is 3.57. The lowest BCUT2D eigenvalue weighted by Gasteiger charge is -2.09. The highest BCUT2D eigenvalue weighted by Gasteiger charge is 2.11. The summed E-state index contributed by atoms with van der Waals surface area (Å²) in [4.78, 5) is 18.2. The quantitative estimate of drug-likeness (QED) is 0.719. The molecule has 0 radical (unpaired) electrons. The zero-order valence-corrected chi connectivity index (χ0v) is 13.0. The summed E-state index contributed by atoms with van der Waals surface area (Å²) in [6.07, 6.45) is 0.563. The molecular weight excluding hydrogens is 292 g/mol. The molecule has 3 nitrogen and oxygen atoms in total. The summed E-state index contributed by atoms with van der Waals surface area (Å²) in [5.74, 6) is 0. The first kappa shape index (κ1) is 14.5. The number of aromatic amines is 2. The van der Waals surface area contributed by atoms with Crippen LogP contribution in [0, 0.1) is 11.7 Å². The first-order valence-electron chi connectivity index (χ1n) is 7.10. The average molecular weight is 308 g/mol. The third-order valence-corrected chi connectivity index (χ3v) is 3.77. The van der Waals surface area contributed by atoms with Crippen LogP contribution < -0.4 is 5.56 Å². The van der Waals surface area contributed by atoms with Gasteiger partial charge in [-0.05, 0) is 30.3 Å². The van der Waals surface area contributed by atoms with Gasteiger partial charge in [0.2, 0.25) is 0 Å². The molecular formula is C18H16N2OS. The second-order valence-corrected chi connectivity index (χ2v) is 5.70. The SMILES string of the molecule is Cc1cccc(Cc2c(-c3ccccc3)[nH]c(=S)[nH]c2=O)c1. The molecule has 0 spiro atoms. The van der Waals surface area contributed by atoms with E-state index in [9.17, 15) is 4.79 Å². The molecule has 0 saturated carbocycles. The summed E-state index contributed by atoms with van der Waals surface area (Å²) in [5.41, 5.74) is 4.60. The molecule has 0 atom stereocenters. The molecule has 3 aromatic rings. The van der Waals surface area contributed by atoms with Crippen molar-refractivity contribution in [2.45, 2.75) is 13.3 Å². The van der Waals surface area contributed by atoms with Crippen molar-refractivity contribution in [3.63, 3.8) is 0 Å². The smallest absolute Gasteiger partial charge is 0.255 e. The van der Waals surface area contributed by atoms with Crippen LogP contribution >= 0.6 is 12.2 Å². The van der Waals surface area contributed by atoms with Crippen LogP contribution in [0.25, 0.3) is 11.3 Å². The van der Waals surface area contributed by atoms with E-state index >= 15 is 0 Å². The van der Waals surface area contributed by atoms with Gasteiger partial charge in [0.15, 0.2) is 4.77 Å². The van der Waals surface area contributed by atoms with Crippen molar-refractivity contribution in [1.29, 1.82) is 0 Å². The minimum atomic E-state index is -0.135. The number of aromatic nitrogens is 2. The van der Waals surface area contributed by atoms with Gasteiger partial charge in [0.05, 0.1) is 5.69 Å². The van der Waals surface area contributed by atoms with E-state index in [2.05, 4.69) is 16.0 Å². The Kier molecular flexibility index (Phi) is 4.02. The fourth-order valence-corrected chi connectivity index (χ4v) is 2.75. The van der Waals surface area contributed by atoms with E-state index in [1.165, 1.54) is 5.56 Å². The second kappa shape index (κ2) is 6.12. The molecule has 0 aliphatic rings. The highest BCUT2D eigenvalue weighted by molar-refractivity contribution is 7.71. The average Bonchev–Trinajstić information content (AvgIpc) is 2.51. The molecule has 0 fully saturated rings. The van der Waals surface area contributed by atoms with Gasteiger partial charge in [-0.15, -0.1) is 0 Å². The summed E-state index contributed by atoms with van der Waals surface area (Å²) in [6, 6.07) is 18.0. The monoisotopic (exact) mass is 308 g/mol. The Balaban J connectivity index is 2.15. The number of nitrogens with one attached hydrogen (secondary N) is 2. The van der Waals surface area contributed by atoms with Crippen molar-refractivity contribution >= 4 is 12.2 Å². The maximum atomic E-state index is 12.4. The largest absolute Gasteiger partial charge is 0.331 e. The standard InChI is InChI=1S/C18H16N2OS/c1-12-6-5-7-13(10-12)11-15-16(14-8-3-2-4-9-14)19-18(22)20-17(15)21/h2-10H,11H2,1H3,(H2,19,20,21,22). The van der Waals surface area contributed by atoms with Gasteiger partial charge in [-0.1, -0.05) is 60.2 Å². The third kappa shape index (κ3) is 3.07. The van der Waals surface area contributed by atoms with E-state index in [1.807, 2.05) is 55.5 Å². The van der Waals surface area contributed by atoms with E-state index in [1.54, 1.807) is 0 Å². The van der Waals surface area contributed by atoms with Crippen molar-refractivity contribution in [3.05, 3.63) is 86.4 Å². The number of aryl methyl sites for hydroxylation is 1. The first-order valence-corrected chi connectivity index (χ1v) is 7.51. The summed E-state index contributed by atoms with van der Waals surface area (Å²) >= 11 is 5.12. The van der Waals surface area contributed by atoms with Crippen LogP contribution in [0.3, 0.4) is 0 Å². The maximum Gasteiger partial charge on any atom is 0.255 e. The van der Waals surface area contributed by atoms with Crippen LogP contribution in [0.2, 0.25) is 0 Å². The van der Waals surface area contributed by atoms with Crippen molar-refractivity contribution in [2.75, 3.05) is 0 Å². The zero-order valence-electron chi connectivity index (χ0n) is 12.2. The number of hydrogen-bond donors (Lipinski definition) is 2. The zero-order chi connectivity index (χ0) is 15.5. The number of rotatable bonds is 3. The van der Waals surface area contributed by atoms with E-state index in [4.69, 9.17) is 12.2 Å². The van der Waals surface area contributed by atoms with Crippen LogP contribution in [0.5, 0.6) is 0 Å². The molecule has 2 aromatic carbocycles. The van der Waals surface area contributed by atoms with E-state index in [0.717, 1.165) is 16.8 Å². The summed E-state index contributed by atoms with van der Waals surface area (Å²) in [6.45, 7) is 2.05. The van der Waals surface area contributed by atoms with E-state index in [0.29, 0.717) is 16.8 Å². The minimum Gasteiger partial charge on any atom is -0.331 e. The molecule has 3 rings (SSSR count). The van der Waals surface area contributed by atoms with Gasteiger partial charge in [-0.25, -0.2) is 0 Å². The van der Waals surface area contributed by atoms with Gasteiger partial charge in [0.25, 0.3) is 5.56 Å². The number of H-pyrrole nitrogens is 2. The van der Waals surface area contributed by atoms with Gasteiger partial charge < -0.3 is 4.98 Å². The maximum absolute atomic E-state index is 12.4. The molecule has 0 aliphatic carbocycles. The molecule has 110 valence electrons. The molecule has 1 aromatic heterocycles. The van der Waals surface area contributed by atoms with Crippen LogP contribution in [0.1, 0.15) is 16.7 Å². The minimum absolute atomic E-state index is 0.135. The van der Waals surface area contributed by atoms with Crippen LogP contribution in [-0.2, 0) is 6.42 Å². The number of hydrogen-bond acceptors (Lipinski definition) is 2. The van der Waals surface area contributed by atoms with Crippen molar-refractivity contribution < 1.29 is 0 Å². The lowest BCUT2D eigenvalue weighted by molar-refractivity contribution is 1.01. The molecule has 4 heteroatoms. The lowest BCUT2D eigenvalue weighted by atomic mass is 9.99. The first-order chi connectivity index (χ1) is 10.6. The molecule has 0 aliphatic heterocycles. The fourth-order valence-electron chi connectivity index (χ4n) is 2.56. The van der Waals surface area contributed by atoms with Gasteiger partial charge in [-0.3, -0.25) is 9.78 Å². The molecule has 22 heavy (non-hydrogen) atoms. The van der Waals surface area contributed by atoms with Gasteiger partial charge >= 0.3 is 0 Å². The van der Waals surface area contributed by atoms with Crippen LogP contribution in [-0.4, -0.2) is 9.97 Å². The van der Waals surface area contributed by atoms with Crippen LogP contribution in [0.4, 0.5) is 0 Å². The summed E-state index contributed by atoms with van der Waals surface area (Å²) in [5, 5.41) is 0. The predicted octanol–water partition coefficient (Wildman–Crippen LogP) is 4.00. The highest BCUT2D eigenvalue weighted by Crippen LogP contribution is 2.21. The predicted molar refractivity (Wildman–Crippen MR) is 91.7 cm³/mol. The molecule has 0 bridgehead atoms. The fraction of sp³-hybridized carbons (Fsp3) is 0.111. The summed E-state index contributed by atoms with van der Waals surface area (Å²) in [7, 11) is 0. The Hall–Kier alpha value is -2.46. The van der Waals surface area contributed by atoms with Gasteiger partial charge in [0, 0.05) is 12.0 Å². The molecule has 1 heterocycles.